The fourth-order valence-corrected chi connectivity index (χ4v) is 5.11. The van der Waals surface area contributed by atoms with Gasteiger partial charge in [0.2, 0.25) is 10.0 Å². The van der Waals surface area contributed by atoms with Crippen LogP contribution in [-0.4, -0.2) is 36.1 Å². The second-order valence-electron chi connectivity index (χ2n) is 7.94. The Balaban J connectivity index is 1.67. The number of ketones is 1. The number of aromatic nitrogens is 1. The van der Waals surface area contributed by atoms with Crippen molar-refractivity contribution >= 4 is 27.1 Å². The van der Waals surface area contributed by atoms with Crippen LogP contribution < -0.4 is 4.72 Å². The lowest BCUT2D eigenvalue weighted by Crippen LogP contribution is -2.26. The molecule has 2 N–H and O–H groups in total. The molecule has 31 heavy (non-hydrogen) atoms. The van der Waals surface area contributed by atoms with Gasteiger partial charge in [-0.05, 0) is 48.9 Å². The molecular formula is C22H22F2N2O4S. The van der Waals surface area contributed by atoms with E-state index in [1.807, 2.05) is 0 Å². The first-order chi connectivity index (χ1) is 14.7. The van der Waals surface area contributed by atoms with Crippen LogP contribution in [0.1, 0.15) is 59.3 Å². The van der Waals surface area contributed by atoms with Crippen molar-refractivity contribution in [3.8, 4) is 0 Å². The van der Waals surface area contributed by atoms with Crippen LogP contribution in [0.25, 0.3) is 5.57 Å². The van der Waals surface area contributed by atoms with E-state index in [1.54, 1.807) is 25.3 Å². The predicted molar refractivity (Wildman–Crippen MR) is 112 cm³/mol. The molecule has 2 aromatic rings. The topological polar surface area (TPSA) is 96.4 Å². The van der Waals surface area contributed by atoms with Gasteiger partial charge in [0.25, 0.3) is 0 Å². The first-order valence-electron chi connectivity index (χ1n) is 10.1. The summed E-state index contributed by atoms with van der Waals surface area (Å²) < 4.78 is 55.6. The Morgan fingerprint density at radius 3 is 2.71 bits per heavy atom. The van der Waals surface area contributed by atoms with Crippen molar-refractivity contribution in [2.24, 2.45) is 0 Å². The lowest BCUT2D eigenvalue weighted by Gasteiger charge is -2.31. The number of benzene rings is 1. The smallest absolute Gasteiger partial charge is 0.232 e. The molecule has 2 aliphatic carbocycles. The van der Waals surface area contributed by atoms with Crippen molar-refractivity contribution in [1.29, 1.82) is 0 Å². The summed E-state index contributed by atoms with van der Waals surface area (Å²) in [4.78, 5) is 17.5. The predicted octanol–water partition coefficient (Wildman–Crippen LogP) is 3.57. The number of halogens is 2. The van der Waals surface area contributed by atoms with Crippen LogP contribution in [0.4, 0.5) is 14.5 Å². The van der Waals surface area contributed by atoms with Crippen LogP contribution in [0, 0.1) is 11.6 Å². The van der Waals surface area contributed by atoms with Gasteiger partial charge in [0, 0.05) is 23.8 Å². The average molecular weight is 448 g/mol. The standard InChI is InChI=1S/C22H22F2N2O4S/c1-2-7-31(29,30)26-19-6-4-17(23)20(21(19)24)22(28)15-3-5-18-16(15)10-13(11-25-18)12-8-14(27)9-12/h3-4,6,10-12,14,26-27H,2,5,7-9H2,1H3. The molecule has 9 heteroatoms. The van der Waals surface area contributed by atoms with Crippen molar-refractivity contribution in [2.75, 3.05) is 10.5 Å². The van der Waals surface area contributed by atoms with Gasteiger partial charge in [-0.3, -0.25) is 14.5 Å². The number of nitrogens with zero attached hydrogens (tertiary/aromatic N) is 1. The number of pyridine rings is 1. The Hall–Kier alpha value is -2.65. The number of aliphatic hydroxyl groups is 1. The van der Waals surface area contributed by atoms with Crippen LogP contribution in [-0.2, 0) is 16.4 Å². The highest BCUT2D eigenvalue weighted by molar-refractivity contribution is 7.92. The molecule has 0 atom stereocenters. The number of sulfonamides is 1. The number of aliphatic hydroxyl groups excluding tert-OH is 1. The van der Waals surface area contributed by atoms with Crippen LogP contribution in [0.15, 0.2) is 30.5 Å². The van der Waals surface area contributed by atoms with Crippen LogP contribution >= 0.6 is 0 Å². The highest BCUT2D eigenvalue weighted by Gasteiger charge is 2.32. The maximum atomic E-state index is 15.0. The molecule has 0 radical (unpaired) electrons. The number of carbonyl (C=O) groups is 1. The lowest BCUT2D eigenvalue weighted by molar-refractivity contribution is 0.0745. The molecule has 0 unspecified atom stereocenters. The molecule has 1 aromatic heterocycles. The molecule has 164 valence electrons. The van der Waals surface area contributed by atoms with Crippen LogP contribution in [0.2, 0.25) is 0 Å². The van der Waals surface area contributed by atoms with E-state index in [2.05, 4.69) is 9.71 Å². The Labute approximate surface area is 179 Å². The molecule has 0 aliphatic heterocycles. The van der Waals surface area contributed by atoms with Gasteiger partial charge >= 0.3 is 0 Å². The SMILES string of the molecule is CCCS(=O)(=O)Nc1ccc(F)c(C(=O)C2=CCc3ncc(C4CC(O)C4)cc32)c1F. The molecular weight excluding hydrogens is 426 g/mol. The summed E-state index contributed by atoms with van der Waals surface area (Å²) >= 11 is 0. The summed E-state index contributed by atoms with van der Waals surface area (Å²) in [5, 5.41) is 9.55. The molecule has 0 spiro atoms. The minimum Gasteiger partial charge on any atom is -0.393 e. The number of rotatable bonds is 7. The molecule has 0 amide bonds. The maximum absolute atomic E-state index is 15.0. The largest absolute Gasteiger partial charge is 0.393 e. The number of carbonyl (C=O) groups excluding carboxylic acids is 1. The third kappa shape index (κ3) is 4.12. The average Bonchev–Trinajstić information content (AvgIpc) is 3.11. The van der Waals surface area contributed by atoms with E-state index < -0.39 is 38.7 Å². The van der Waals surface area contributed by atoms with Crippen LogP contribution in [0.3, 0.4) is 0 Å². The number of hydrogen-bond donors (Lipinski definition) is 2. The van der Waals surface area contributed by atoms with Gasteiger partial charge in [-0.1, -0.05) is 13.0 Å². The van der Waals surface area contributed by atoms with Crippen molar-refractivity contribution in [3.63, 3.8) is 0 Å². The molecule has 1 saturated carbocycles. The number of anilines is 1. The quantitative estimate of drug-likeness (QED) is 0.632. The number of allylic oxidation sites excluding steroid dienone is 2. The fraction of sp³-hybridized carbons (Fsp3) is 0.364. The zero-order valence-electron chi connectivity index (χ0n) is 16.9. The van der Waals surface area contributed by atoms with E-state index in [4.69, 9.17) is 0 Å². The molecule has 1 aromatic carbocycles. The molecule has 6 nitrogen and oxygen atoms in total. The van der Waals surface area contributed by atoms with Gasteiger partial charge < -0.3 is 5.11 Å². The second-order valence-corrected chi connectivity index (χ2v) is 9.78. The van der Waals surface area contributed by atoms with E-state index >= 15 is 4.39 Å². The zero-order chi connectivity index (χ0) is 22.3. The monoisotopic (exact) mass is 448 g/mol. The van der Waals surface area contributed by atoms with Crippen molar-refractivity contribution in [3.05, 3.63) is 64.5 Å². The van der Waals surface area contributed by atoms with Gasteiger partial charge in [0.05, 0.1) is 28.8 Å². The Morgan fingerprint density at radius 2 is 2.03 bits per heavy atom. The first-order valence-corrected chi connectivity index (χ1v) is 11.8. The van der Waals surface area contributed by atoms with Crippen molar-refractivity contribution < 1.29 is 27.1 Å². The summed E-state index contributed by atoms with van der Waals surface area (Å²) in [7, 11) is -3.82. The number of fused-ring (bicyclic) bond motifs is 1. The Kier molecular flexibility index (Phi) is 5.65. The van der Waals surface area contributed by atoms with E-state index in [1.165, 1.54) is 0 Å². The van der Waals surface area contributed by atoms with Gasteiger partial charge in [0.15, 0.2) is 11.6 Å². The third-order valence-corrected chi connectivity index (χ3v) is 7.14. The van der Waals surface area contributed by atoms with Gasteiger partial charge in [-0.15, -0.1) is 0 Å². The molecule has 2 aliphatic rings. The van der Waals surface area contributed by atoms with E-state index in [9.17, 15) is 22.7 Å². The molecule has 4 rings (SSSR count). The van der Waals surface area contributed by atoms with E-state index in [0.29, 0.717) is 36.9 Å². The Morgan fingerprint density at radius 1 is 1.29 bits per heavy atom. The summed E-state index contributed by atoms with van der Waals surface area (Å²) in [6.45, 7) is 1.66. The number of hydrogen-bond acceptors (Lipinski definition) is 5. The van der Waals surface area contributed by atoms with Crippen molar-refractivity contribution in [1.82, 2.24) is 4.98 Å². The van der Waals surface area contributed by atoms with Crippen LogP contribution in [0.5, 0.6) is 0 Å². The van der Waals surface area contributed by atoms with Gasteiger partial charge in [-0.25, -0.2) is 17.2 Å². The Bertz CT molecular complexity index is 1190. The van der Waals surface area contributed by atoms with Crippen molar-refractivity contribution in [2.45, 2.75) is 44.6 Å². The number of Topliss-reactive ketones (excluding diaryl/α,β-unsaturated/α-hetero) is 1. The third-order valence-electron chi connectivity index (χ3n) is 5.67. The molecule has 0 saturated heterocycles. The summed E-state index contributed by atoms with van der Waals surface area (Å²) in [6, 6.07) is 3.63. The summed E-state index contributed by atoms with van der Waals surface area (Å²) in [5.41, 5.74) is 0.877. The lowest BCUT2D eigenvalue weighted by atomic mass is 9.77. The minimum atomic E-state index is -3.82. The van der Waals surface area contributed by atoms with Gasteiger partial charge in [0.1, 0.15) is 5.82 Å². The highest BCUT2D eigenvalue weighted by Crippen LogP contribution is 2.39. The zero-order valence-corrected chi connectivity index (χ0v) is 17.7. The fourth-order valence-electron chi connectivity index (χ4n) is 3.97. The summed E-state index contributed by atoms with van der Waals surface area (Å²) in [6.07, 6.45) is 4.83. The maximum Gasteiger partial charge on any atom is 0.232 e. The van der Waals surface area contributed by atoms with E-state index in [0.717, 1.165) is 17.7 Å². The first kappa shape index (κ1) is 21.6. The van der Waals surface area contributed by atoms with Gasteiger partial charge in [-0.2, -0.15) is 0 Å². The minimum absolute atomic E-state index is 0.134. The summed E-state index contributed by atoms with van der Waals surface area (Å²) in [5.74, 6) is -3.27. The second kappa shape index (κ2) is 8.12. The normalized spacial score (nSPS) is 20.1. The van der Waals surface area contributed by atoms with E-state index in [-0.39, 0.29) is 23.3 Å². The highest BCUT2D eigenvalue weighted by atomic mass is 32.2. The molecule has 0 bridgehead atoms. The number of nitrogens with one attached hydrogen (secondary N) is 1. The molecule has 1 fully saturated rings. The molecule has 1 heterocycles.